The van der Waals surface area contributed by atoms with E-state index in [0.29, 0.717) is 66.5 Å². The zero-order valence-electron chi connectivity index (χ0n) is 50.7. The molecule has 4 rings (SSSR count). The van der Waals surface area contributed by atoms with Crippen molar-refractivity contribution in [1.29, 1.82) is 0 Å². The van der Waals surface area contributed by atoms with E-state index in [1.165, 1.54) is 22.3 Å². The summed E-state index contributed by atoms with van der Waals surface area (Å²) in [5, 5.41) is 0. The van der Waals surface area contributed by atoms with Crippen molar-refractivity contribution in [3.63, 3.8) is 0 Å². The van der Waals surface area contributed by atoms with Crippen LogP contribution in [0, 0.1) is 45.9 Å². The first kappa shape index (κ1) is 61.5. The number of benzene rings is 4. The molecule has 0 aliphatic carbocycles. The van der Waals surface area contributed by atoms with Crippen LogP contribution in [-0.2, 0) is 5.41 Å². The zero-order chi connectivity index (χ0) is 55.0. The van der Waals surface area contributed by atoms with E-state index in [0.717, 1.165) is 22.3 Å². The first-order valence-electron chi connectivity index (χ1n) is 28.6. The maximum absolute atomic E-state index is 4.01. The molecular weight excluding hydrogens is 941 g/mol. The summed E-state index contributed by atoms with van der Waals surface area (Å²) in [5.41, 5.74) is 31.3. The van der Waals surface area contributed by atoms with Gasteiger partial charge in [0.2, 0.25) is 0 Å². The summed E-state index contributed by atoms with van der Waals surface area (Å²) in [5.74, 6) is 15.1. The highest BCUT2D eigenvalue weighted by molar-refractivity contribution is 6.92. The SMILES string of the molecule is CC(C)[Si](C#Cc1ccc(C(c2ccc(C#C[Si](C(C)C)(C(C)C)C(C)C)cc2)(c2ccc(C#C[Si](C(C)C)(C(C)C)C(C)C)cc2)c2ccc(C#C[Si](C(C)C)(C(C)C)C(C)C)cc2)cc1)(C(C)C)C(C)C. The van der Waals surface area contributed by atoms with E-state index in [4.69, 9.17) is 0 Å². The minimum atomic E-state index is -1.94. The van der Waals surface area contributed by atoms with Gasteiger partial charge in [0.15, 0.2) is 0 Å². The molecule has 0 unspecified atom stereocenters. The van der Waals surface area contributed by atoms with Gasteiger partial charge in [-0.1, -0.05) is 238 Å². The first-order chi connectivity index (χ1) is 34.1. The van der Waals surface area contributed by atoms with E-state index in [-0.39, 0.29) is 0 Å². The zero-order valence-corrected chi connectivity index (χ0v) is 54.7. The molecule has 0 bridgehead atoms. The standard InChI is InChI=1S/C69H100Si4/c1-49(2)70(50(3)4,51(5)6)45-41-61-25-33-65(34-26-61)69(66-35-27-62(28-36-66)42-46-71(52(7)8,53(9)10)54(11)12,67-37-29-63(30-38-67)43-47-72(55(13)14,56(15)16)57(17)18)68-39-31-64(32-40-68)44-48-73(58(19)20,59(21)22)60(23)24/h25-40,49-60H,1-24H3. The summed E-state index contributed by atoms with van der Waals surface area (Å²) in [6.45, 7) is 57.5. The summed E-state index contributed by atoms with van der Waals surface area (Å²) >= 11 is 0. The molecule has 0 nitrogen and oxygen atoms in total. The summed E-state index contributed by atoms with van der Waals surface area (Å²) in [6, 6.07) is 37.1. The van der Waals surface area contributed by atoms with Crippen molar-refractivity contribution in [2.45, 2.75) is 238 Å². The number of hydrogen-bond acceptors (Lipinski definition) is 0. The number of hydrogen-bond donors (Lipinski definition) is 0. The van der Waals surface area contributed by atoms with Gasteiger partial charge in [0.05, 0.1) is 5.41 Å². The summed E-state index contributed by atoms with van der Waals surface area (Å²) < 4.78 is 0. The van der Waals surface area contributed by atoms with E-state index in [9.17, 15) is 0 Å². The minimum absolute atomic E-state index is 0.569. The third-order valence-corrected chi connectivity index (χ3v) is 43.6. The van der Waals surface area contributed by atoms with Gasteiger partial charge in [-0.15, -0.1) is 22.2 Å². The van der Waals surface area contributed by atoms with Gasteiger partial charge in [-0.3, -0.25) is 0 Å². The lowest BCUT2D eigenvalue weighted by Gasteiger charge is -2.38. The predicted octanol–water partition coefficient (Wildman–Crippen LogP) is 20.3. The monoisotopic (exact) mass is 1040 g/mol. The highest BCUT2D eigenvalue weighted by Crippen LogP contribution is 2.48. The van der Waals surface area contributed by atoms with Crippen molar-refractivity contribution < 1.29 is 0 Å². The van der Waals surface area contributed by atoms with E-state index < -0.39 is 37.7 Å². The predicted molar refractivity (Wildman–Crippen MR) is 336 cm³/mol. The molecular formula is C69H100Si4. The highest BCUT2D eigenvalue weighted by Gasteiger charge is 2.45. The smallest absolute Gasteiger partial charge is 0.125 e. The van der Waals surface area contributed by atoms with Gasteiger partial charge >= 0.3 is 0 Å². The largest absolute Gasteiger partial charge is 0.146 e. The first-order valence-corrected chi connectivity index (χ1v) is 37.5. The van der Waals surface area contributed by atoms with Crippen LogP contribution in [0.2, 0.25) is 66.5 Å². The van der Waals surface area contributed by atoms with Crippen molar-refractivity contribution in [3.05, 3.63) is 142 Å². The highest BCUT2D eigenvalue weighted by atomic mass is 28.3. The summed E-state index contributed by atoms with van der Waals surface area (Å²) in [6.07, 6.45) is 0. The van der Waals surface area contributed by atoms with E-state index in [1.807, 2.05) is 0 Å². The molecule has 0 aromatic heterocycles. The summed E-state index contributed by atoms with van der Waals surface area (Å²) in [4.78, 5) is 0. The van der Waals surface area contributed by atoms with Crippen molar-refractivity contribution in [2.75, 3.05) is 0 Å². The van der Waals surface area contributed by atoms with Gasteiger partial charge in [-0.05, 0) is 137 Å². The topological polar surface area (TPSA) is 0 Å². The second-order valence-electron chi connectivity index (χ2n) is 25.6. The lowest BCUT2D eigenvalue weighted by atomic mass is 9.65. The Labute approximate surface area is 455 Å². The van der Waals surface area contributed by atoms with Gasteiger partial charge < -0.3 is 0 Å². The van der Waals surface area contributed by atoms with Crippen LogP contribution >= 0.6 is 0 Å². The molecule has 0 atom stereocenters. The molecule has 392 valence electrons. The Morgan fingerprint density at radius 2 is 0.342 bits per heavy atom. The average molecular weight is 1040 g/mol. The van der Waals surface area contributed by atoms with Crippen LogP contribution in [0.25, 0.3) is 0 Å². The van der Waals surface area contributed by atoms with Crippen LogP contribution in [-0.4, -0.2) is 32.3 Å². The third kappa shape index (κ3) is 12.2. The van der Waals surface area contributed by atoms with Crippen LogP contribution in [0.1, 0.15) is 211 Å². The second-order valence-corrected chi connectivity index (χ2v) is 48.0. The average Bonchev–Trinajstić information content (AvgIpc) is 3.30. The Bertz CT molecular complexity index is 2190. The van der Waals surface area contributed by atoms with Crippen LogP contribution in [0.3, 0.4) is 0 Å². The lowest BCUT2D eigenvalue weighted by molar-refractivity contribution is 0.744. The Morgan fingerprint density at radius 3 is 0.452 bits per heavy atom. The van der Waals surface area contributed by atoms with Crippen LogP contribution < -0.4 is 0 Å². The molecule has 0 saturated heterocycles. The molecule has 0 heterocycles. The fourth-order valence-corrected chi connectivity index (χ4v) is 35.6. The Morgan fingerprint density at radius 1 is 0.219 bits per heavy atom. The molecule has 4 aromatic carbocycles. The molecule has 0 fully saturated rings. The minimum Gasteiger partial charge on any atom is -0.125 e. The molecule has 0 aliphatic rings. The molecule has 0 N–H and O–H groups in total. The summed E-state index contributed by atoms with van der Waals surface area (Å²) in [7, 11) is -7.74. The molecule has 0 aliphatic heterocycles. The quantitative estimate of drug-likeness (QED) is 0.0596. The van der Waals surface area contributed by atoms with Gasteiger partial charge in [0.25, 0.3) is 0 Å². The molecule has 4 aromatic rings. The third-order valence-electron chi connectivity index (χ3n) is 18.4. The van der Waals surface area contributed by atoms with E-state index >= 15 is 0 Å². The maximum atomic E-state index is 4.01. The maximum Gasteiger partial charge on any atom is 0.146 e. The van der Waals surface area contributed by atoms with Gasteiger partial charge in [0.1, 0.15) is 32.3 Å². The van der Waals surface area contributed by atoms with Crippen molar-refractivity contribution in [2.24, 2.45) is 0 Å². The van der Waals surface area contributed by atoms with E-state index in [2.05, 4.69) is 309 Å². The Kier molecular flexibility index (Phi) is 21.3. The second kappa shape index (κ2) is 25.2. The van der Waals surface area contributed by atoms with Gasteiger partial charge in [-0.2, -0.15) is 0 Å². The van der Waals surface area contributed by atoms with Crippen molar-refractivity contribution in [3.8, 4) is 45.9 Å². The molecule has 0 amide bonds. The van der Waals surface area contributed by atoms with Gasteiger partial charge in [0, 0.05) is 22.3 Å². The Balaban J connectivity index is 2.16. The molecule has 0 radical (unpaired) electrons. The fourth-order valence-electron chi connectivity index (χ4n) is 14.7. The van der Waals surface area contributed by atoms with E-state index in [1.54, 1.807) is 0 Å². The lowest BCUT2D eigenvalue weighted by Crippen LogP contribution is -2.43. The molecule has 73 heavy (non-hydrogen) atoms. The van der Waals surface area contributed by atoms with Crippen LogP contribution in [0.5, 0.6) is 0 Å². The molecule has 0 spiro atoms. The normalized spacial score (nSPS) is 12.9. The Hall–Kier alpha value is -4.01. The van der Waals surface area contributed by atoms with Crippen LogP contribution in [0.15, 0.2) is 97.1 Å². The van der Waals surface area contributed by atoms with Crippen molar-refractivity contribution >= 4 is 32.3 Å². The molecule has 4 heteroatoms. The number of rotatable bonds is 16. The van der Waals surface area contributed by atoms with Crippen LogP contribution in [0.4, 0.5) is 0 Å². The molecule has 0 saturated carbocycles. The van der Waals surface area contributed by atoms with Gasteiger partial charge in [-0.25, -0.2) is 0 Å². The van der Waals surface area contributed by atoms with Crippen molar-refractivity contribution in [1.82, 2.24) is 0 Å². The fraction of sp³-hybridized carbons (Fsp3) is 0.536.